The van der Waals surface area contributed by atoms with Crippen molar-refractivity contribution >= 4 is 0 Å². The summed E-state index contributed by atoms with van der Waals surface area (Å²) in [6.07, 6.45) is 5.41. The number of fused-ring (bicyclic) bond motifs is 1. The molecular weight excluding hydrogens is 182 g/mol. The highest BCUT2D eigenvalue weighted by Gasteiger charge is 2.16. The monoisotopic (exact) mass is 203 g/mol. The number of hydrogen-bond acceptors (Lipinski definition) is 1. The lowest BCUT2D eigenvalue weighted by Crippen LogP contribution is -2.03. The van der Waals surface area contributed by atoms with E-state index >= 15 is 0 Å². The van der Waals surface area contributed by atoms with E-state index in [2.05, 4.69) is 36.5 Å². The van der Waals surface area contributed by atoms with Gasteiger partial charge in [-0.15, -0.1) is 0 Å². The third kappa shape index (κ3) is 2.82. The summed E-state index contributed by atoms with van der Waals surface area (Å²) in [7, 11) is 0. The van der Waals surface area contributed by atoms with E-state index in [1.807, 2.05) is 0 Å². The molecule has 0 saturated carbocycles. The predicted octanol–water partition coefficient (Wildman–Crippen LogP) is 3.11. The highest BCUT2D eigenvalue weighted by molar-refractivity contribution is 5.33. The van der Waals surface area contributed by atoms with Gasteiger partial charge >= 0.3 is 0 Å². The van der Waals surface area contributed by atoms with Crippen LogP contribution in [0.5, 0.6) is 0 Å². The molecule has 1 N–H and O–H groups in total. The summed E-state index contributed by atoms with van der Waals surface area (Å²) in [4.78, 5) is 0. The van der Waals surface area contributed by atoms with Crippen molar-refractivity contribution in [2.24, 2.45) is 0 Å². The van der Waals surface area contributed by atoms with E-state index in [9.17, 15) is 0 Å². The van der Waals surface area contributed by atoms with Crippen LogP contribution in [0, 0.1) is 0 Å². The molecule has 1 aliphatic carbocycles. The van der Waals surface area contributed by atoms with Crippen molar-refractivity contribution < 1.29 is 0 Å². The van der Waals surface area contributed by atoms with Gasteiger partial charge in [-0.3, -0.25) is 0 Å². The maximum atomic E-state index is 3.22. The Morgan fingerprint density at radius 1 is 1.13 bits per heavy atom. The average molecular weight is 203 g/mol. The highest BCUT2D eigenvalue weighted by Crippen LogP contribution is 2.31. The molecular formula is C14H21N. The van der Waals surface area contributed by atoms with Crippen LogP contribution in [0.2, 0.25) is 0 Å². The van der Waals surface area contributed by atoms with Gasteiger partial charge in [-0.05, 0) is 55.8 Å². The maximum absolute atomic E-state index is 3.22. The van der Waals surface area contributed by atoms with Crippen molar-refractivity contribution in [2.45, 2.75) is 38.5 Å². The zero-order valence-electron chi connectivity index (χ0n) is 9.63. The fourth-order valence-electron chi connectivity index (χ4n) is 2.40. The summed E-state index contributed by atoms with van der Waals surface area (Å²) in [5, 5.41) is 3.22. The van der Waals surface area contributed by atoms with Crippen molar-refractivity contribution in [3.05, 3.63) is 35.4 Å². The van der Waals surface area contributed by atoms with Crippen LogP contribution in [-0.4, -0.2) is 13.1 Å². The van der Waals surface area contributed by atoms with E-state index in [-0.39, 0.29) is 0 Å². The lowest BCUT2D eigenvalue weighted by molar-refractivity contribution is 0.747. The Hall–Kier alpha value is -0.820. The summed E-state index contributed by atoms with van der Waals surface area (Å²) < 4.78 is 0. The minimum Gasteiger partial charge on any atom is -0.317 e. The van der Waals surface area contributed by atoms with E-state index in [1.165, 1.54) is 38.8 Å². The summed E-state index contributed by atoms with van der Waals surface area (Å²) in [5.74, 6) is 0.802. The lowest BCUT2D eigenvalue weighted by atomic mass is 10.0. The Morgan fingerprint density at radius 2 is 1.87 bits per heavy atom. The molecule has 0 radical (unpaired) electrons. The van der Waals surface area contributed by atoms with Crippen LogP contribution in [0.1, 0.15) is 43.2 Å². The number of benzene rings is 1. The van der Waals surface area contributed by atoms with Gasteiger partial charge in [-0.25, -0.2) is 0 Å². The van der Waals surface area contributed by atoms with Crippen molar-refractivity contribution in [3.8, 4) is 0 Å². The molecule has 0 amide bonds. The molecule has 1 saturated heterocycles. The third-order valence-corrected chi connectivity index (χ3v) is 3.39. The second-order valence-corrected chi connectivity index (χ2v) is 4.60. The molecule has 0 unspecified atom stereocenters. The van der Waals surface area contributed by atoms with E-state index in [0.717, 1.165) is 5.92 Å². The normalized spacial score (nSPS) is 23.1. The smallest absolute Gasteiger partial charge is 0.00484 e. The van der Waals surface area contributed by atoms with Crippen LogP contribution < -0.4 is 5.32 Å². The second kappa shape index (κ2) is 5.32. The molecule has 1 aromatic carbocycles. The summed E-state index contributed by atoms with van der Waals surface area (Å²) >= 11 is 0. The predicted molar refractivity (Wildman–Crippen MR) is 65.3 cm³/mol. The van der Waals surface area contributed by atoms with Crippen molar-refractivity contribution in [1.29, 1.82) is 0 Å². The minimum atomic E-state index is 0.802. The van der Waals surface area contributed by atoms with Gasteiger partial charge in [0.15, 0.2) is 0 Å². The first kappa shape index (κ1) is 10.7. The van der Waals surface area contributed by atoms with Gasteiger partial charge in [0, 0.05) is 0 Å². The number of nitrogens with one attached hydrogen (secondary N) is 1. The van der Waals surface area contributed by atoms with Gasteiger partial charge < -0.3 is 5.32 Å². The van der Waals surface area contributed by atoms with Crippen LogP contribution in [0.15, 0.2) is 24.3 Å². The van der Waals surface area contributed by atoms with E-state index in [4.69, 9.17) is 0 Å². The standard InChI is InChI=1S/C10H12.C4H9N/c1-8-6-7-9-4-2-3-5-10(8)9;1-2-4-5-3-1/h2-5,8H,6-7H2,1H3;5H,1-4H2/t8-;/m0./s1. The molecule has 1 heterocycles. The first-order chi connectivity index (χ1) is 7.38. The topological polar surface area (TPSA) is 12.0 Å². The van der Waals surface area contributed by atoms with Crippen LogP contribution in [0.25, 0.3) is 0 Å². The zero-order chi connectivity index (χ0) is 10.5. The average Bonchev–Trinajstić information content (AvgIpc) is 2.92. The number of aryl methyl sites for hydroxylation is 1. The molecule has 3 rings (SSSR count). The van der Waals surface area contributed by atoms with Gasteiger partial charge in [-0.2, -0.15) is 0 Å². The Labute approximate surface area is 92.9 Å². The molecule has 0 bridgehead atoms. The Morgan fingerprint density at radius 3 is 2.47 bits per heavy atom. The quantitative estimate of drug-likeness (QED) is 0.683. The van der Waals surface area contributed by atoms with E-state index in [0.29, 0.717) is 0 Å². The molecule has 15 heavy (non-hydrogen) atoms. The summed E-state index contributed by atoms with van der Waals surface area (Å²) in [5.41, 5.74) is 3.14. The molecule has 1 heteroatoms. The van der Waals surface area contributed by atoms with Crippen molar-refractivity contribution in [3.63, 3.8) is 0 Å². The third-order valence-electron chi connectivity index (χ3n) is 3.39. The Kier molecular flexibility index (Phi) is 3.79. The molecule has 1 nitrogen and oxygen atoms in total. The largest absolute Gasteiger partial charge is 0.317 e. The minimum absolute atomic E-state index is 0.802. The highest BCUT2D eigenvalue weighted by atomic mass is 14.9. The zero-order valence-corrected chi connectivity index (χ0v) is 9.63. The fourth-order valence-corrected chi connectivity index (χ4v) is 2.40. The van der Waals surface area contributed by atoms with Gasteiger partial charge in [-0.1, -0.05) is 31.2 Å². The molecule has 1 atom stereocenters. The van der Waals surface area contributed by atoms with Crippen molar-refractivity contribution in [1.82, 2.24) is 5.32 Å². The van der Waals surface area contributed by atoms with E-state index < -0.39 is 0 Å². The first-order valence-corrected chi connectivity index (χ1v) is 6.16. The van der Waals surface area contributed by atoms with Crippen LogP contribution in [0.4, 0.5) is 0 Å². The number of hydrogen-bond donors (Lipinski definition) is 1. The van der Waals surface area contributed by atoms with Crippen LogP contribution in [-0.2, 0) is 6.42 Å². The summed E-state index contributed by atoms with van der Waals surface area (Å²) in [6, 6.07) is 8.78. The molecule has 82 valence electrons. The Bertz CT molecular complexity index is 294. The number of rotatable bonds is 0. The molecule has 0 aromatic heterocycles. The van der Waals surface area contributed by atoms with Gasteiger partial charge in [0.1, 0.15) is 0 Å². The van der Waals surface area contributed by atoms with Crippen LogP contribution in [0.3, 0.4) is 0 Å². The second-order valence-electron chi connectivity index (χ2n) is 4.60. The fraction of sp³-hybridized carbons (Fsp3) is 0.571. The van der Waals surface area contributed by atoms with Crippen molar-refractivity contribution in [2.75, 3.05) is 13.1 Å². The lowest BCUT2D eigenvalue weighted by Gasteiger charge is -2.01. The molecule has 0 spiro atoms. The van der Waals surface area contributed by atoms with E-state index in [1.54, 1.807) is 11.1 Å². The van der Waals surface area contributed by atoms with Gasteiger partial charge in [0.25, 0.3) is 0 Å². The van der Waals surface area contributed by atoms with Crippen LogP contribution >= 0.6 is 0 Å². The first-order valence-electron chi connectivity index (χ1n) is 6.16. The molecule has 2 aliphatic rings. The van der Waals surface area contributed by atoms with Gasteiger partial charge in [0.05, 0.1) is 0 Å². The molecule has 1 fully saturated rings. The molecule has 1 aromatic rings. The summed E-state index contributed by atoms with van der Waals surface area (Å²) in [6.45, 7) is 4.81. The SMILES string of the molecule is C1CCNC1.C[C@H]1CCc2ccccc21. The molecule has 1 aliphatic heterocycles. The Balaban J connectivity index is 0.000000144. The van der Waals surface area contributed by atoms with Gasteiger partial charge in [0.2, 0.25) is 0 Å². The maximum Gasteiger partial charge on any atom is -0.00484 e.